The Hall–Kier alpha value is -1.10. The van der Waals surface area contributed by atoms with E-state index in [2.05, 4.69) is 5.32 Å². The number of nitrogens with zero attached hydrogens (tertiary/aromatic N) is 1. The van der Waals surface area contributed by atoms with Crippen molar-refractivity contribution in [2.45, 2.75) is 32.7 Å². The molecule has 1 fully saturated rings. The molecule has 0 saturated heterocycles. The van der Waals surface area contributed by atoms with E-state index in [9.17, 15) is 9.59 Å². The highest BCUT2D eigenvalue weighted by Gasteiger charge is 2.30. The summed E-state index contributed by atoms with van der Waals surface area (Å²) in [7, 11) is 0. The van der Waals surface area contributed by atoms with Crippen LogP contribution in [0, 0.1) is 5.92 Å². The van der Waals surface area contributed by atoms with E-state index >= 15 is 0 Å². The molecule has 1 unspecified atom stereocenters. The second kappa shape index (κ2) is 5.84. The van der Waals surface area contributed by atoms with Crippen LogP contribution < -0.4 is 5.32 Å². The average molecular weight is 228 g/mol. The number of aliphatic carboxylic acids is 1. The largest absolute Gasteiger partial charge is 0.480 e. The lowest BCUT2D eigenvalue weighted by Gasteiger charge is -2.26. The van der Waals surface area contributed by atoms with Crippen LogP contribution >= 0.6 is 0 Å². The number of carbonyl (C=O) groups excluding carboxylic acids is 1. The van der Waals surface area contributed by atoms with E-state index < -0.39 is 5.97 Å². The Balaban J connectivity index is 2.50. The lowest BCUT2D eigenvalue weighted by atomic mass is 10.2. The van der Waals surface area contributed by atoms with E-state index in [4.69, 9.17) is 5.11 Å². The second-order valence-electron chi connectivity index (χ2n) is 4.34. The minimum atomic E-state index is -0.878. The van der Waals surface area contributed by atoms with E-state index in [1.807, 2.05) is 6.92 Å². The predicted octanol–water partition coefficient (Wildman–Crippen LogP) is 0.308. The molecule has 1 atom stereocenters. The van der Waals surface area contributed by atoms with Crippen molar-refractivity contribution < 1.29 is 14.7 Å². The van der Waals surface area contributed by atoms with Gasteiger partial charge in [0.05, 0.1) is 12.6 Å². The monoisotopic (exact) mass is 228 g/mol. The van der Waals surface area contributed by atoms with E-state index in [1.54, 1.807) is 11.8 Å². The van der Waals surface area contributed by atoms with Crippen LogP contribution in [0.1, 0.15) is 26.7 Å². The van der Waals surface area contributed by atoms with E-state index in [0.717, 1.165) is 12.8 Å². The van der Waals surface area contributed by atoms with Gasteiger partial charge in [0, 0.05) is 13.1 Å². The number of likely N-dealkylation sites (N-methyl/N-ethyl adjacent to an activating group) is 1. The zero-order chi connectivity index (χ0) is 12.1. The lowest BCUT2D eigenvalue weighted by molar-refractivity contribution is -0.139. The number of rotatable bonds is 7. The third-order valence-electron chi connectivity index (χ3n) is 2.81. The molecule has 0 aromatic rings. The first-order valence-corrected chi connectivity index (χ1v) is 5.78. The second-order valence-corrected chi connectivity index (χ2v) is 4.34. The Morgan fingerprint density at radius 2 is 2.12 bits per heavy atom. The quantitative estimate of drug-likeness (QED) is 0.658. The summed E-state index contributed by atoms with van der Waals surface area (Å²) >= 11 is 0. The summed E-state index contributed by atoms with van der Waals surface area (Å²) in [5, 5.41) is 11.5. The van der Waals surface area contributed by atoms with Crippen LogP contribution in [0.4, 0.5) is 0 Å². The number of nitrogens with one attached hydrogen (secondary N) is 1. The molecular formula is C11H20N2O3. The fourth-order valence-corrected chi connectivity index (χ4v) is 1.65. The van der Waals surface area contributed by atoms with Gasteiger partial charge in [0.25, 0.3) is 0 Å². The van der Waals surface area contributed by atoms with Gasteiger partial charge in [0.2, 0.25) is 5.91 Å². The molecule has 5 heteroatoms. The van der Waals surface area contributed by atoms with Crippen LogP contribution in [0.3, 0.4) is 0 Å². The molecule has 1 saturated carbocycles. The van der Waals surface area contributed by atoms with Gasteiger partial charge in [-0.2, -0.15) is 0 Å². The molecule has 1 aliphatic rings. The molecule has 0 aromatic heterocycles. The first kappa shape index (κ1) is 13.0. The van der Waals surface area contributed by atoms with Gasteiger partial charge in [0.1, 0.15) is 0 Å². The van der Waals surface area contributed by atoms with Crippen molar-refractivity contribution in [1.29, 1.82) is 0 Å². The van der Waals surface area contributed by atoms with Crippen LogP contribution in [0.2, 0.25) is 0 Å². The molecule has 0 bridgehead atoms. The SMILES string of the molecule is CCNC(=O)C(C)N(CC(=O)O)CC1CC1. The van der Waals surface area contributed by atoms with Crippen molar-refractivity contribution in [3.05, 3.63) is 0 Å². The maximum atomic E-state index is 11.6. The van der Waals surface area contributed by atoms with E-state index in [1.165, 1.54) is 0 Å². The number of hydrogen-bond acceptors (Lipinski definition) is 3. The van der Waals surface area contributed by atoms with Crippen molar-refractivity contribution >= 4 is 11.9 Å². The zero-order valence-corrected chi connectivity index (χ0v) is 9.90. The van der Waals surface area contributed by atoms with Crippen molar-refractivity contribution in [3.63, 3.8) is 0 Å². The normalized spacial score (nSPS) is 17.2. The minimum Gasteiger partial charge on any atom is -0.480 e. The maximum absolute atomic E-state index is 11.6. The van der Waals surface area contributed by atoms with Gasteiger partial charge >= 0.3 is 5.97 Å². The van der Waals surface area contributed by atoms with Gasteiger partial charge in [-0.3, -0.25) is 14.5 Å². The number of hydrogen-bond donors (Lipinski definition) is 2. The number of carboxylic acids is 1. The van der Waals surface area contributed by atoms with Crippen LogP contribution in [-0.4, -0.2) is 47.6 Å². The number of amides is 1. The fourth-order valence-electron chi connectivity index (χ4n) is 1.65. The Morgan fingerprint density at radius 3 is 2.56 bits per heavy atom. The molecule has 0 aliphatic heterocycles. The van der Waals surface area contributed by atoms with Crippen LogP contribution in [0.25, 0.3) is 0 Å². The summed E-state index contributed by atoms with van der Waals surface area (Å²) < 4.78 is 0. The number of carboxylic acid groups (broad SMARTS) is 1. The van der Waals surface area contributed by atoms with Gasteiger partial charge in [-0.1, -0.05) is 0 Å². The molecule has 1 rings (SSSR count). The Kier molecular flexibility index (Phi) is 4.73. The molecule has 2 N–H and O–H groups in total. The topological polar surface area (TPSA) is 69.6 Å². The minimum absolute atomic E-state index is 0.0607. The summed E-state index contributed by atoms with van der Waals surface area (Å²) in [4.78, 5) is 24.1. The van der Waals surface area contributed by atoms with Gasteiger partial charge in [0.15, 0.2) is 0 Å². The first-order chi connectivity index (χ1) is 7.54. The summed E-state index contributed by atoms with van der Waals surface area (Å²) in [6, 6.07) is -0.364. The van der Waals surface area contributed by atoms with E-state index in [0.29, 0.717) is 19.0 Å². The standard InChI is InChI=1S/C11H20N2O3/c1-3-12-11(16)8(2)13(7-10(14)15)6-9-4-5-9/h8-9H,3-7H2,1-2H3,(H,12,16)(H,14,15). The third kappa shape index (κ3) is 4.18. The zero-order valence-electron chi connectivity index (χ0n) is 9.90. The number of carbonyl (C=O) groups is 2. The molecular weight excluding hydrogens is 208 g/mol. The predicted molar refractivity (Wildman–Crippen MR) is 60.1 cm³/mol. The van der Waals surface area contributed by atoms with Gasteiger partial charge in [-0.05, 0) is 32.6 Å². The summed E-state index contributed by atoms with van der Waals surface area (Å²) in [6.45, 7) is 4.84. The average Bonchev–Trinajstić information content (AvgIpc) is 2.99. The highest BCUT2D eigenvalue weighted by atomic mass is 16.4. The highest BCUT2D eigenvalue weighted by Crippen LogP contribution is 2.30. The van der Waals surface area contributed by atoms with Crippen LogP contribution in [0.5, 0.6) is 0 Å². The Bertz CT molecular complexity index is 264. The smallest absolute Gasteiger partial charge is 0.317 e. The summed E-state index contributed by atoms with van der Waals surface area (Å²) in [6.07, 6.45) is 2.30. The fraction of sp³-hybridized carbons (Fsp3) is 0.818. The first-order valence-electron chi connectivity index (χ1n) is 5.78. The maximum Gasteiger partial charge on any atom is 0.317 e. The summed E-state index contributed by atoms with van der Waals surface area (Å²) in [5.74, 6) is -0.391. The van der Waals surface area contributed by atoms with Crippen LogP contribution in [0.15, 0.2) is 0 Å². The molecule has 1 aliphatic carbocycles. The van der Waals surface area contributed by atoms with E-state index in [-0.39, 0.29) is 18.5 Å². The summed E-state index contributed by atoms with van der Waals surface area (Å²) in [5.41, 5.74) is 0. The van der Waals surface area contributed by atoms with Crippen molar-refractivity contribution in [2.24, 2.45) is 5.92 Å². The molecule has 1 amide bonds. The molecule has 0 aromatic carbocycles. The van der Waals surface area contributed by atoms with Crippen molar-refractivity contribution in [3.8, 4) is 0 Å². The highest BCUT2D eigenvalue weighted by molar-refractivity contribution is 5.82. The van der Waals surface area contributed by atoms with Crippen LogP contribution in [-0.2, 0) is 9.59 Å². The van der Waals surface area contributed by atoms with Crippen molar-refractivity contribution in [2.75, 3.05) is 19.6 Å². The molecule has 16 heavy (non-hydrogen) atoms. The molecule has 92 valence electrons. The molecule has 5 nitrogen and oxygen atoms in total. The Labute approximate surface area is 95.8 Å². The Morgan fingerprint density at radius 1 is 1.50 bits per heavy atom. The molecule has 0 heterocycles. The lowest BCUT2D eigenvalue weighted by Crippen LogP contribution is -2.47. The van der Waals surface area contributed by atoms with Crippen molar-refractivity contribution in [1.82, 2.24) is 10.2 Å². The molecule has 0 radical (unpaired) electrons. The third-order valence-corrected chi connectivity index (χ3v) is 2.81. The van der Waals surface area contributed by atoms with Gasteiger partial charge < -0.3 is 10.4 Å². The van der Waals surface area contributed by atoms with Gasteiger partial charge in [-0.15, -0.1) is 0 Å². The van der Waals surface area contributed by atoms with Gasteiger partial charge in [-0.25, -0.2) is 0 Å². The molecule has 0 spiro atoms.